The second-order valence-electron chi connectivity index (χ2n) is 4.11. The molecule has 0 fully saturated rings. The van der Waals surface area contributed by atoms with Crippen LogP contribution in [0.15, 0.2) is 36.7 Å². The van der Waals surface area contributed by atoms with Crippen molar-refractivity contribution in [3.8, 4) is 11.8 Å². The summed E-state index contributed by atoms with van der Waals surface area (Å²) < 4.78 is 10.2. The molecule has 104 valence electrons. The molecule has 0 saturated carbocycles. The average Bonchev–Trinajstić information content (AvgIpc) is 2.47. The molecule has 2 aromatic rings. The Morgan fingerprint density at radius 2 is 1.85 bits per heavy atom. The van der Waals surface area contributed by atoms with E-state index >= 15 is 0 Å². The number of amides is 1. The van der Waals surface area contributed by atoms with E-state index in [1.807, 2.05) is 31.2 Å². The van der Waals surface area contributed by atoms with E-state index < -0.39 is 0 Å². The van der Waals surface area contributed by atoms with Crippen molar-refractivity contribution in [2.75, 3.05) is 19.0 Å². The van der Waals surface area contributed by atoms with Gasteiger partial charge in [0.2, 0.25) is 0 Å². The topological polar surface area (TPSA) is 73.3 Å². The number of aryl methyl sites for hydroxylation is 1. The highest BCUT2D eigenvalue weighted by Gasteiger charge is 2.05. The molecule has 0 aliphatic carbocycles. The van der Waals surface area contributed by atoms with Gasteiger partial charge in [-0.2, -0.15) is 0 Å². The molecule has 0 bridgehead atoms. The fourth-order valence-electron chi connectivity index (χ4n) is 1.47. The van der Waals surface area contributed by atoms with Crippen LogP contribution in [-0.2, 0) is 4.79 Å². The summed E-state index contributed by atoms with van der Waals surface area (Å²) in [6.07, 6.45) is 2.94. The van der Waals surface area contributed by atoms with Gasteiger partial charge in [-0.05, 0) is 19.1 Å². The van der Waals surface area contributed by atoms with Gasteiger partial charge < -0.3 is 14.8 Å². The highest BCUT2D eigenvalue weighted by Crippen LogP contribution is 2.11. The molecule has 6 heteroatoms. The minimum absolute atomic E-state index is 0.0743. The second-order valence-corrected chi connectivity index (χ2v) is 4.11. The van der Waals surface area contributed by atoms with E-state index in [9.17, 15) is 4.79 Å². The zero-order chi connectivity index (χ0) is 14.4. The Balaban J connectivity index is 1.84. The molecule has 0 spiro atoms. The van der Waals surface area contributed by atoms with E-state index in [-0.39, 0.29) is 18.5 Å². The van der Waals surface area contributed by atoms with Crippen LogP contribution in [0, 0.1) is 6.92 Å². The first kappa shape index (κ1) is 13.8. The van der Waals surface area contributed by atoms with Gasteiger partial charge >= 0.3 is 6.01 Å². The summed E-state index contributed by atoms with van der Waals surface area (Å²) in [5, 5.41) is 2.63. The normalized spacial score (nSPS) is 9.90. The molecule has 0 saturated heterocycles. The molecule has 1 heterocycles. The molecule has 0 aliphatic heterocycles. The number of carbonyl (C=O) groups is 1. The Kier molecular flexibility index (Phi) is 4.49. The number of aromatic nitrogens is 2. The summed E-state index contributed by atoms with van der Waals surface area (Å²) >= 11 is 0. The predicted octanol–water partition coefficient (Wildman–Crippen LogP) is 1.81. The van der Waals surface area contributed by atoms with E-state index in [1.165, 1.54) is 19.5 Å². The van der Waals surface area contributed by atoms with Crippen LogP contribution in [0.25, 0.3) is 0 Å². The lowest BCUT2D eigenvalue weighted by atomic mass is 10.2. The number of ether oxygens (including phenoxy) is 2. The molecular weight excluding hydrogens is 258 g/mol. The lowest BCUT2D eigenvalue weighted by Gasteiger charge is -2.07. The lowest BCUT2D eigenvalue weighted by molar-refractivity contribution is -0.118. The van der Waals surface area contributed by atoms with Crippen molar-refractivity contribution < 1.29 is 14.3 Å². The van der Waals surface area contributed by atoms with Gasteiger partial charge in [-0.3, -0.25) is 4.79 Å². The average molecular weight is 273 g/mol. The molecule has 1 amide bonds. The highest BCUT2D eigenvalue weighted by atomic mass is 16.5. The van der Waals surface area contributed by atoms with E-state index in [4.69, 9.17) is 9.47 Å². The SMILES string of the molecule is COc1ncc(NC(=O)COc2ccc(C)cc2)cn1. The summed E-state index contributed by atoms with van der Waals surface area (Å²) in [7, 11) is 1.48. The minimum Gasteiger partial charge on any atom is -0.484 e. The summed E-state index contributed by atoms with van der Waals surface area (Å²) in [6, 6.07) is 7.73. The Morgan fingerprint density at radius 1 is 1.20 bits per heavy atom. The third-order valence-electron chi connectivity index (χ3n) is 2.49. The van der Waals surface area contributed by atoms with Crippen LogP contribution in [0.3, 0.4) is 0 Å². The van der Waals surface area contributed by atoms with Crippen LogP contribution in [0.1, 0.15) is 5.56 Å². The minimum atomic E-state index is -0.278. The molecule has 0 aliphatic rings. The van der Waals surface area contributed by atoms with E-state index in [0.717, 1.165) is 5.56 Å². The number of carbonyl (C=O) groups excluding carboxylic acids is 1. The molecule has 2 rings (SSSR count). The van der Waals surface area contributed by atoms with Crippen LogP contribution >= 0.6 is 0 Å². The number of nitrogens with zero attached hydrogens (tertiary/aromatic N) is 2. The molecule has 6 nitrogen and oxygen atoms in total. The maximum Gasteiger partial charge on any atom is 0.316 e. The quantitative estimate of drug-likeness (QED) is 0.899. The lowest BCUT2D eigenvalue weighted by Crippen LogP contribution is -2.20. The predicted molar refractivity (Wildman–Crippen MR) is 73.9 cm³/mol. The fraction of sp³-hybridized carbons (Fsp3) is 0.214. The van der Waals surface area contributed by atoms with Crippen molar-refractivity contribution in [2.45, 2.75) is 6.92 Å². The Bertz CT molecular complexity index is 567. The number of hydrogen-bond acceptors (Lipinski definition) is 5. The van der Waals surface area contributed by atoms with Crippen LogP contribution in [0.5, 0.6) is 11.8 Å². The molecular formula is C14H15N3O3. The van der Waals surface area contributed by atoms with E-state index in [0.29, 0.717) is 11.4 Å². The maximum atomic E-state index is 11.7. The van der Waals surface area contributed by atoms with Crippen molar-refractivity contribution >= 4 is 11.6 Å². The molecule has 1 aromatic carbocycles. The number of anilines is 1. The van der Waals surface area contributed by atoms with Crippen molar-refractivity contribution in [1.82, 2.24) is 9.97 Å². The molecule has 20 heavy (non-hydrogen) atoms. The van der Waals surface area contributed by atoms with Crippen molar-refractivity contribution in [2.24, 2.45) is 0 Å². The largest absolute Gasteiger partial charge is 0.484 e. The first-order valence-corrected chi connectivity index (χ1v) is 6.03. The van der Waals surface area contributed by atoms with Gasteiger partial charge in [-0.15, -0.1) is 0 Å². The molecule has 0 radical (unpaired) electrons. The Labute approximate surface area is 116 Å². The zero-order valence-corrected chi connectivity index (χ0v) is 11.3. The Morgan fingerprint density at radius 3 is 2.45 bits per heavy atom. The van der Waals surface area contributed by atoms with Gasteiger partial charge in [0, 0.05) is 0 Å². The third-order valence-corrected chi connectivity index (χ3v) is 2.49. The number of methoxy groups -OCH3 is 1. The van der Waals surface area contributed by atoms with Crippen molar-refractivity contribution in [3.05, 3.63) is 42.2 Å². The second kappa shape index (κ2) is 6.51. The number of hydrogen-bond donors (Lipinski definition) is 1. The van der Waals surface area contributed by atoms with Crippen LogP contribution < -0.4 is 14.8 Å². The molecule has 0 unspecified atom stereocenters. The fourth-order valence-corrected chi connectivity index (χ4v) is 1.47. The third kappa shape index (κ3) is 3.94. The summed E-state index contributed by atoms with van der Waals surface area (Å²) in [6.45, 7) is 1.91. The van der Waals surface area contributed by atoms with Crippen LogP contribution in [-0.4, -0.2) is 29.6 Å². The number of nitrogens with one attached hydrogen (secondary N) is 1. The molecule has 0 atom stereocenters. The number of rotatable bonds is 5. The van der Waals surface area contributed by atoms with Gasteiger partial charge in [-0.25, -0.2) is 9.97 Å². The van der Waals surface area contributed by atoms with Gasteiger partial charge in [0.05, 0.1) is 25.2 Å². The van der Waals surface area contributed by atoms with Crippen molar-refractivity contribution in [3.63, 3.8) is 0 Å². The first-order chi connectivity index (χ1) is 9.67. The maximum absolute atomic E-state index is 11.7. The Hall–Kier alpha value is -2.63. The molecule has 1 aromatic heterocycles. The zero-order valence-electron chi connectivity index (χ0n) is 11.3. The summed E-state index contributed by atoms with van der Waals surface area (Å²) in [4.78, 5) is 19.5. The standard InChI is InChI=1S/C14H15N3O3/c1-10-3-5-12(6-4-10)20-9-13(18)17-11-7-15-14(19-2)16-8-11/h3-8H,9H2,1-2H3,(H,17,18). The van der Waals surface area contributed by atoms with Gasteiger partial charge in [0.1, 0.15) is 5.75 Å². The highest BCUT2D eigenvalue weighted by molar-refractivity contribution is 5.91. The summed E-state index contributed by atoms with van der Waals surface area (Å²) in [5.74, 6) is 0.371. The van der Waals surface area contributed by atoms with Crippen molar-refractivity contribution in [1.29, 1.82) is 0 Å². The molecule has 1 N–H and O–H groups in total. The van der Waals surface area contributed by atoms with E-state index in [1.54, 1.807) is 0 Å². The van der Waals surface area contributed by atoms with Crippen LogP contribution in [0.4, 0.5) is 5.69 Å². The van der Waals surface area contributed by atoms with Crippen LogP contribution in [0.2, 0.25) is 0 Å². The smallest absolute Gasteiger partial charge is 0.316 e. The van der Waals surface area contributed by atoms with Gasteiger partial charge in [-0.1, -0.05) is 17.7 Å². The van der Waals surface area contributed by atoms with Gasteiger partial charge in [0.25, 0.3) is 5.91 Å². The first-order valence-electron chi connectivity index (χ1n) is 6.03. The van der Waals surface area contributed by atoms with Gasteiger partial charge in [0.15, 0.2) is 6.61 Å². The number of benzene rings is 1. The van der Waals surface area contributed by atoms with E-state index in [2.05, 4.69) is 15.3 Å². The summed E-state index contributed by atoms with van der Waals surface area (Å²) in [5.41, 5.74) is 1.63. The monoisotopic (exact) mass is 273 g/mol.